The molecule has 3 heteroatoms. The van der Waals surface area contributed by atoms with Gasteiger partial charge in [0.25, 0.3) is 0 Å². The summed E-state index contributed by atoms with van der Waals surface area (Å²) in [6, 6.07) is 20.9. The smallest absolute Gasteiger partial charge is 0.167 e. The molecule has 0 saturated heterocycles. The molecule has 0 heterocycles. The highest BCUT2D eigenvalue weighted by Crippen LogP contribution is 2.15. The Kier molecular flexibility index (Phi) is 5.56. The van der Waals surface area contributed by atoms with Crippen molar-refractivity contribution in [1.82, 2.24) is 10.6 Å². The maximum absolute atomic E-state index is 5.37. The van der Waals surface area contributed by atoms with Gasteiger partial charge in [-0.1, -0.05) is 67.6 Å². The molecular weight excluding hydrogens is 264 g/mol. The standard InChI is InChI=1S/C17H20N2S/c1-2-16(15-11-7-4-8-12-15)19-17(20)18-13-14-9-5-3-6-10-14/h3-12,16H,2,13H2,1H3,(H2,18,19,20). The lowest BCUT2D eigenvalue weighted by atomic mass is 10.1. The number of nitrogens with one attached hydrogen (secondary N) is 2. The van der Waals surface area contributed by atoms with Crippen molar-refractivity contribution in [2.75, 3.05) is 0 Å². The van der Waals surface area contributed by atoms with Gasteiger partial charge in [-0.05, 0) is 29.8 Å². The third-order valence-electron chi connectivity index (χ3n) is 3.21. The van der Waals surface area contributed by atoms with Gasteiger partial charge in [-0.2, -0.15) is 0 Å². The Morgan fingerprint density at radius 2 is 1.60 bits per heavy atom. The highest BCUT2D eigenvalue weighted by atomic mass is 32.1. The molecule has 0 spiro atoms. The molecule has 20 heavy (non-hydrogen) atoms. The first kappa shape index (κ1) is 14.5. The second-order valence-corrected chi connectivity index (χ2v) is 5.09. The van der Waals surface area contributed by atoms with E-state index >= 15 is 0 Å². The molecule has 0 bridgehead atoms. The van der Waals surface area contributed by atoms with E-state index in [4.69, 9.17) is 12.2 Å². The lowest BCUT2D eigenvalue weighted by Gasteiger charge is -2.20. The topological polar surface area (TPSA) is 24.1 Å². The van der Waals surface area contributed by atoms with Gasteiger partial charge in [0.1, 0.15) is 0 Å². The van der Waals surface area contributed by atoms with Gasteiger partial charge in [0.2, 0.25) is 0 Å². The largest absolute Gasteiger partial charge is 0.359 e. The van der Waals surface area contributed by atoms with Crippen LogP contribution in [0.3, 0.4) is 0 Å². The van der Waals surface area contributed by atoms with Gasteiger partial charge in [0, 0.05) is 6.54 Å². The van der Waals surface area contributed by atoms with Gasteiger partial charge < -0.3 is 10.6 Å². The molecule has 1 unspecified atom stereocenters. The summed E-state index contributed by atoms with van der Waals surface area (Å²) in [6.07, 6.45) is 0.997. The molecular formula is C17H20N2S. The summed E-state index contributed by atoms with van der Waals surface area (Å²) < 4.78 is 0. The highest BCUT2D eigenvalue weighted by Gasteiger charge is 2.09. The van der Waals surface area contributed by atoms with Crippen LogP contribution in [0.2, 0.25) is 0 Å². The van der Waals surface area contributed by atoms with Gasteiger partial charge >= 0.3 is 0 Å². The number of thiocarbonyl (C=S) groups is 1. The van der Waals surface area contributed by atoms with Gasteiger partial charge in [-0.3, -0.25) is 0 Å². The molecule has 0 aliphatic carbocycles. The first-order valence-corrected chi connectivity index (χ1v) is 7.33. The van der Waals surface area contributed by atoms with Crippen LogP contribution >= 0.6 is 12.2 Å². The van der Waals surface area contributed by atoms with Crippen LogP contribution in [0.1, 0.15) is 30.5 Å². The minimum atomic E-state index is 0.256. The van der Waals surface area contributed by atoms with Crippen molar-refractivity contribution in [3.05, 3.63) is 71.8 Å². The van der Waals surface area contributed by atoms with Gasteiger partial charge in [-0.25, -0.2) is 0 Å². The number of hydrogen-bond donors (Lipinski definition) is 2. The van der Waals surface area contributed by atoms with Crippen LogP contribution < -0.4 is 10.6 Å². The summed E-state index contributed by atoms with van der Waals surface area (Å²) in [5.41, 5.74) is 2.49. The number of rotatable bonds is 5. The summed E-state index contributed by atoms with van der Waals surface area (Å²) in [7, 11) is 0. The number of benzene rings is 2. The molecule has 0 fully saturated rings. The van der Waals surface area contributed by atoms with E-state index in [0.29, 0.717) is 5.11 Å². The second kappa shape index (κ2) is 7.65. The Morgan fingerprint density at radius 1 is 1.00 bits per heavy atom. The van der Waals surface area contributed by atoms with Crippen molar-refractivity contribution < 1.29 is 0 Å². The predicted octanol–water partition coefficient (Wildman–Crippen LogP) is 3.80. The first-order chi connectivity index (χ1) is 9.79. The van der Waals surface area contributed by atoms with Crippen molar-refractivity contribution >= 4 is 17.3 Å². The summed E-state index contributed by atoms with van der Waals surface area (Å²) in [6.45, 7) is 2.91. The van der Waals surface area contributed by atoms with Crippen molar-refractivity contribution in [1.29, 1.82) is 0 Å². The fourth-order valence-electron chi connectivity index (χ4n) is 2.09. The van der Waals surface area contributed by atoms with E-state index in [-0.39, 0.29) is 6.04 Å². The molecule has 2 rings (SSSR count). The zero-order valence-electron chi connectivity index (χ0n) is 11.7. The highest BCUT2D eigenvalue weighted by molar-refractivity contribution is 7.80. The molecule has 0 amide bonds. The van der Waals surface area contributed by atoms with Gasteiger partial charge in [0.15, 0.2) is 5.11 Å². The molecule has 1 atom stereocenters. The van der Waals surface area contributed by atoms with Crippen LogP contribution in [0.5, 0.6) is 0 Å². The molecule has 2 N–H and O–H groups in total. The minimum absolute atomic E-state index is 0.256. The van der Waals surface area contributed by atoms with E-state index in [2.05, 4.69) is 54.0 Å². The van der Waals surface area contributed by atoms with Crippen molar-refractivity contribution in [2.24, 2.45) is 0 Å². The Hall–Kier alpha value is -1.87. The Balaban J connectivity index is 1.87. The predicted molar refractivity (Wildman–Crippen MR) is 88.5 cm³/mol. The fraction of sp³-hybridized carbons (Fsp3) is 0.235. The molecule has 0 saturated carbocycles. The summed E-state index contributed by atoms with van der Waals surface area (Å²) in [4.78, 5) is 0. The Morgan fingerprint density at radius 3 is 2.20 bits per heavy atom. The van der Waals surface area contributed by atoms with Crippen LogP contribution in [0.4, 0.5) is 0 Å². The quantitative estimate of drug-likeness (QED) is 0.817. The molecule has 0 aromatic heterocycles. The van der Waals surface area contributed by atoms with Crippen molar-refractivity contribution in [2.45, 2.75) is 25.9 Å². The summed E-state index contributed by atoms with van der Waals surface area (Å²) in [5, 5.41) is 7.33. The summed E-state index contributed by atoms with van der Waals surface area (Å²) >= 11 is 5.37. The number of hydrogen-bond acceptors (Lipinski definition) is 1. The maximum Gasteiger partial charge on any atom is 0.167 e. The van der Waals surface area contributed by atoms with Crippen molar-refractivity contribution in [3.63, 3.8) is 0 Å². The monoisotopic (exact) mass is 284 g/mol. The molecule has 104 valence electrons. The first-order valence-electron chi connectivity index (χ1n) is 6.93. The Bertz CT molecular complexity index is 525. The molecule has 2 aromatic rings. The lowest BCUT2D eigenvalue weighted by molar-refractivity contribution is 0.616. The van der Waals surface area contributed by atoms with E-state index in [1.165, 1.54) is 11.1 Å². The zero-order chi connectivity index (χ0) is 14.2. The average Bonchev–Trinajstić information content (AvgIpc) is 2.52. The maximum atomic E-state index is 5.37. The molecule has 0 aliphatic rings. The van der Waals surface area contributed by atoms with Gasteiger partial charge in [0.05, 0.1) is 6.04 Å². The third kappa shape index (κ3) is 4.35. The molecule has 0 radical (unpaired) electrons. The lowest BCUT2D eigenvalue weighted by Crippen LogP contribution is -2.37. The molecule has 2 nitrogen and oxygen atoms in total. The zero-order valence-corrected chi connectivity index (χ0v) is 12.5. The molecule has 2 aromatic carbocycles. The fourth-order valence-corrected chi connectivity index (χ4v) is 2.31. The average molecular weight is 284 g/mol. The van der Waals surface area contributed by atoms with Crippen LogP contribution in [-0.4, -0.2) is 5.11 Å². The van der Waals surface area contributed by atoms with Crippen LogP contribution in [0.25, 0.3) is 0 Å². The van der Waals surface area contributed by atoms with Crippen molar-refractivity contribution in [3.8, 4) is 0 Å². The SMILES string of the molecule is CCC(NC(=S)NCc1ccccc1)c1ccccc1. The Labute approximate surface area is 126 Å². The third-order valence-corrected chi connectivity index (χ3v) is 3.47. The normalized spacial score (nSPS) is 11.7. The van der Waals surface area contributed by atoms with E-state index in [1.807, 2.05) is 24.3 Å². The van der Waals surface area contributed by atoms with E-state index in [9.17, 15) is 0 Å². The van der Waals surface area contributed by atoms with E-state index in [0.717, 1.165) is 13.0 Å². The van der Waals surface area contributed by atoms with Crippen LogP contribution in [0.15, 0.2) is 60.7 Å². The van der Waals surface area contributed by atoms with E-state index < -0.39 is 0 Å². The van der Waals surface area contributed by atoms with Crippen LogP contribution in [-0.2, 0) is 6.54 Å². The second-order valence-electron chi connectivity index (χ2n) is 4.68. The molecule has 0 aliphatic heterocycles. The van der Waals surface area contributed by atoms with Crippen LogP contribution in [0, 0.1) is 0 Å². The van der Waals surface area contributed by atoms with Gasteiger partial charge in [-0.15, -0.1) is 0 Å². The minimum Gasteiger partial charge on any atom is -0.359 e. The van der Waals surface area contributed by atoms with E-state index in [1.54, 1.807) is 0 Å². The summed E-state index contributed by atoms with van der Waals surface area (Å²) in [5.74, 6) is 0.